The van der Waals surface area contributed by atoms with Crippen molar-refractivity contribution in [2.24, 2.45) is 10.7 Å². The van der Waals surface area contributed by atoms with Crippen LogP contribution in [0.3, 0.4) is 0 Å². The average Bonchev–Trinajstić information content (AvgIpc) is 2.37. The molecule has 1 aromatic rings. The molecular weight excluding hydrogens is 246 g/mol. The Morgan fingerprint density at radius 3 is 2.61 bits per heavy atom. The molecule has 0 aromatic heterocycles. The van der Waals surface area contributed by atoms with Crippen LogP contribution in [0.15, 0.2) is 34.2 Å². The molecule has 18 heavy (non-hydrogen) atoms. The second-order valence-electron chi connectivity index (χ2n) is 4.08. The summed E-state index contributed by atoms with van der Waals surface area (Å²) in [6, 6.07) is 7.59. The first-order chi connectivity index (χ1) is 8.63. The zero-order valence-corrected chi connectivity index (χ0v) is 11.8. The van der Waals surface area contributed by atoms with Crippen molar-refractivity contribution >= 4 is 16.8 Å². The molecule has 0 radical (unpaired) electrons. The molecule has 1 rings (SSSR count). The molecule has 0 heterocycles. The van der Waals surface area contributed by atoms with Gasteiger partial charge in [0.15, 0.2) is 5.96 Å². The zero-order valence-electron chi connectivity index (χ0n) is 11.0. The van der Waals surface area contributed by atoms with Crippen molar-refractivity contribution in [2.45, 2.75) is 31.2 Å². The van der Waals surface area contributed by atoms with Crippen molar-refractivity contribution in [2.75, 3.05) is 12.8 Å². The summed E-state index contributed by atoms with van der Waals surface area (Å²) in [6.07, 6.45) is 3.89. The molecule has 3 N–H and O–H groups in total. The molecule has 0 bridgehead atoms. The van der Waals surface area contributed by atoms with Crippen LogP contribution in [0.2, 0.25) is 0 Å². The highest BCUT2D eigenvalue weighted by atomic mass is 32.2. The van der Waals surface area contributed by atoms with Crippen LogP contribution in [0.4, 0.5) is 0 Å². The third-order valence-electron chi connectivity index (χ3n) is 2.52. The number of aliphatic imine (C=N–C) groups is 1. The van der Waals surface area contributed by atoms with E-state index in [0.29, 0.717) is 12.5 Å². The lowest BCUT2D eigenvalue weighted by atomic mass is 10.2. The van der Waals surface area contributed by atoms with E-state index in [2.05, 4.69) is 17.2 Å². The van der Waals surface area contributed by atoms with Crippen molar-refractivity contribution in [1.29, 1.82) is 0 Å². The maximum Gasteiger partial charge on any atom is 0.188 e. The summed E-state index contributed by atoms with van der Waals surface area (Å²) in [5.41, 5.74) is 6.79. The molecule has 1 atom stereocenters. The Bertz CT molecular complexity index is 415. The van der Waals surface area contributed by atoms with Crippen molar-refractivity contribution < 1.29 is 4.21 Å². The number of nitrogens with one attached hydrogen (secondary N) is 1. The van der Waals surface area contributed by atoms with Gasteiger partial charge in [-0.3, -0.25) is 4.21 Å². The van der Waals surface area contributed by atoms with Gasteiger partial charge in [0, 0.05) is 28.5 Å². The molecule has 0 amide bonds. The molecule has 0 saturated carbocycles. The summed E-state index contributed by atoms with van der Waals surface area (Å²) in [5, 5.41) is 3.06. The average molecular weight is 267 g/mol. The van der Waals surface area contributed by atoms with Gasteiger partial charge in [0.25, 0.3) is 0 Å². The lowest BCUT2D eigenvalue weighted by Gasteiger charge is -2.04. The Hall–Kier alpha value is -1.36. The minimum Gasteiger partial charge on any atom is -0.370 e. The predicted molar refractivity (Wildman–Crippen MR) is 77.0 cm³/mol. The second kappa shape index (κ2) is 7.87. The van der Waals surface area contributed by atoms with E-state index in [-0.39, 0.29) is 0 Å². The first kappa shape index (κ1) is 14.7. The summed E-state index contributed by atoms with van der Waals surface area (Å²) in [7, 11) is -0.928. The van der Waals surface area contributed by atoms with Crippen LogP contribution >= 0.6 is 0 Å². The van der Waals surface area contributed by atoms with Gasteiger partial charge in [-0.15, -0.1) is 0 Å². The van der Waals surface area contributed by atoms with E-state index in [0.717, 1.165) is 29.8 Å². The molecule has 100 valence electrons. The van der Waals surface area contributed by atoms with Crippen LogP contribution < -0.4 is 11.1 Å². The SMILES string of the molecule is CCCCNC(N)=NCc1ccc(S(C)=O)cc1. The number of nitrogens with zero attached hydrogens (tertiary/aromatic N) is 1. The summed E-state index contributed by atoms with van der Waals surface area (Å²) in [4.78, 5) is 5.08. The highest BCUT2D eigenvalue weighted by Crippen LogP contribution is 2.08. The Labute approximate surface area is 111 Å². The highest BCUT2D eigenvalue weighted by molar-refractivity contribution is 7.84. The zero-order chi connectivity index (χ0) is 13.4. The molecule has 4 nitrogen and oxygen atoms in total. The Balaban J connectivity index is 2.47. The fraction of sp³-hybridized carbons (Fsp3) is 0.462. The van der Waals surface area contributed by atoms with Gasteiger partial charge >= 0.3 is 0 Å². The third-order valence-corrected chi connectivity index (χ3v) is 3.46. The molecular formula is C13H21N3OS. The van der Waals surface area contributed by atoms with Crippen molar-refractivity contribution in [1.82, 2.24) is 5.32 Å². The summed E-state index contributed by atoms with van der Waals surface area (Å²) in [5.74, 6) is 0.478. The van der Waals surface area contributed by atoms with E-state index in [4.69, 9.17) is 5.73 Å². The quantitative estimate of drug-likeness (QED) is 0.467. The van der Waals surface area contributed by atoms with Gasteiger partial charge in [0.05, 0.1) is 6.54 Å². The van der Waals surface area contributed by atoms with E-state index in [9.17, 15) is 4.21 Å². The third kappa shape index (κ3) is 5.31. The number of rotatable bonds is 6. The summed E-state index contributed by atoms with van der Waals surface area (Å²) in [6.45, 7) is 3.54. The van der Waals surface area contributed by atoms with E-state index in [1.165, 1.54) is 0 Å². The fourth-order valence-corrected chi connectivity index (χ4v) is 1.93. The summed E-state index contributed by atoms with van der Waals surface area (Å²) < 4.78 is 11.2. The largest absolute Gasteiger partial charge is 0.370 e. The minimum atomic E-state index is -0.928. The fourth-order valence-electron chi connectivity index (χ4n) is 1.41. The van der Waals surface area contributed by atoms with Crippen LogP contribution in [0.25, 0.3) is 0 Å². The van der Waals surface area contributed by atoms with Crippen molar-refractivity contribution in [3.63, 3.8) is 0 Å². The highest BCUT2D eigenvalue weighted by Gasteiger charge is 1.97. The number of hydrogen-bond donors (Lipinski definition) is 2. The van der Waals surface area contributed by atoms with Crippen molar-refractivity contribution in [3.05, 3.63) is 29.8 Å². The molecule has 0 saturated heterocycles. The van der Waals surface area contributed by atoms with E-state index in [1.807, 2.05) is 24.3 Å². The lowest BCUT2D eigenvalue weighted by molar-refractivity contribution is 0.687. The van der Waals surface area contributed by atoms with E-state index < -0.39 is 10.8 Å². The maximum absolute atomic E-state index is 11.2. The van der Waals surface area contributed by atoms with Crippen LogP contribution in [0.1, 0.15) is 25.3 Å². The van der Waals surface area contributed by atoms with Gasteiger partial charge in [-0.1, -0.05) is 25.5 Å². The maximum atomic E-state index is 11.2. The number of unbranched alkanes of at least 4 members (excludes halogenated alkanes) is 1. The summed E-state index contributed by atoms with van der Waals surface area (Å²) >= 11 is 0. The first-order valence-electron chi connectivity index (χ1n) is 6.09. The standard InChI is InChI=1S/C13H21N3OS/c1-3-4-9-15-13(14)16-10-11-5-7-12(8-6-11)18(2)17/h5-8H,3-4,9-10H2,1-2H3,(H3,14,15,16). The Morgan fingerprint density at radius 2 is 2.06 bits per heavy atom. The Kier molecular flexibility index (Phi) is 6.43. The van der Waals surface area contributed by atoms with Crippen LogP contribution in [-0.4, -0.2) is 23.0 Å². The van der Waals surface area contributed by atoms with Crippen LogP contribution in [-0.2, 0) is 17.3 Å². The van der Waals surface area contributed by atoms with Crippen molar-refractivity contribution in [3.8, 4) is 0 Å². The topological polar surface area (TPSA) is 67.5 Å². The number of nitrogens with two attached hydrogens (primary N) is 1. The van der Waals surface area contributed by atoms with E-state index in [1.54, 1.807) is 6.26 Å². The second-order valence-corrected chi connectivity index (χ2v) is 5.46. The number of benzene rings is 1. The normalized spacial score (nSPS) is 13.3. The number of hydrogen-bond acceptors (Lipinski definition) is 2. The monoisotopic (exact) mass is 267 g/mol. The lowest BCUT2D eigenvalue weighted by Crippen LogP contribution is -2.32. The van der Waals surface area contributed by atoms with E-state index >= 15 is 0 Å². The van der Waals surface area contributed by atoms with Crippen LogP contribution in [0, 0.1) is 0 Å². The van der Waals surface area contributed by atoms with Gasteiger partial charge in [-0.2, -0.15) is 0 Å². The molecule has 0 fully saturated rings. The molecule has 1 unspecified atom stereocenters. The van der Waals surface area contributed by atoms with Gasteiger partial charge < -0.3 is 11.1 Å². The smallest absolute Gasteiger partial charge is 0.188 e. The van der Waals surface area contributed by atoms with Gasteiger partial charge in [-0.25, -0.2) is 4.99 Å². The molecule has 0 aliphatic carbocycles. The van der Waals surface area contributed by atoms with Gasteiger partial charge in [0.2, 0.25) is 0 Å². The molecule has 0 aliphatic heterocycles. The van der Waals surface area contributed by atoms with Gasteiger partial charge in [0.1, 0.15) is 0 Å². The predicted octanol–water partition coefficient (Wildman–Crippen LogP) is 1.63. The van der Waals surface area contributed by atoms with Crippen LogP contribution in [0.5, 0.6) is 0 Å². The Morgan fingerprint density at radius 1 is 1.39 bits per heavy atom. The minimum absolute atomic E-state index is 0.478. The molecule has 5 heteroatoms. The first-order valence-corrected chi connectivity index (χ1v) is 7.65. The number of guanidine groups is 1. The molecule has 1 aromatic carbocycles. The molecule has 0 aliphatic rings. The molecule has 0 spiro atoms. The van der Waals surface area contributed by atoms with Gasteiger partial charge in [-0.05, 0) is 24.1 Å².